The highest BCUT2D eigenvalue weighted by Gasteiger charge is 2.68. The molecule has 5 saturated carbocycles. The van der Waals surface area contributed by atoms with Gasteiger partial charge in [0.1, 0.15) is 0 Å². The van der Waals surface area contributed by atoms with Gasteiger partial charge in [-0.3, -0.25) is 9.00 Å². The molecule has 148 valence electrons. The van der Waals surface area contributed by atoms with Crippen molar-refractivity contribution < 1.29 is 14.1 Å². The van der Waals surface area contributed by atoms with Gasteiger partial charge in [0.05, 0.1) is 6.10 Å². The van der Waals surface area contributed by atoms with Crippen LogP contribution >= 0.6 is 0 Å². The monoisotopic (exact) mass is 381 g/mol. The van der Waals surface area contributed by atoms with Crippen LogP contribution < -0.4 is 5.73 Å². The van der Waals surface area contributed by atoms with Gasteiger partial charge in [-0.2, -0.15) is 0 Å². The zero-order valence-electron chi connectivity index (χ0n) is 16.5. The summed E-state index contributed by atoms with van der Waals surface area (Å²) in [6.45, 7) is 4.49. The summed E-state index contributed by atoms with van der Waals surface area (Å²) in [7, 11) is -0.859. The molecule has 0 heterocycles. The molecule has 0 aliphatic heterocycles. The zero-order chi connectivity index (χ0) is 18.9. The lowest BCUT2D eigenvalue weighted by atomic mass is 9.35. The number of carbonyl (C=O) groups excluding carboxylic acids is 1. The highest BCUT2D eigenvalue weighted by Crippen LogP contribution is 2.72. The first-order valence-electron chi connectivity index (χ1n) is 10.4. The van der Waals surface area contributed by atoms with Crippen molar-refractivity contribution >= 4 is 16.7 Å². The Labute approximate surface area is 160 Å². The van der Waals surface area contributed by atoms with Gasteiger partial charge in [-0.05, 0) is 79.4 Å². The number of aliphatic hydroxyl groups excluding tert-OH is 1. The average molecular weight is 382 g/mol. The molecular weight excluding hydrogens is 346 g/mol. The smallest absolute Gasteiger partial charge is 0.223 e. The predicted molar refractivity (Wildman–Crippen MR) is 104 cm³/mol. The Balaban J connectivity index is 1.71. The van der Waals surface area contributed by atoms with Crippen molar-refractivity contribution in [2.24, 2.45) is 45.7 Å². The van der Waals surface area contributed by atoms with Crippen LogP contribution in [-0.4, -0.2) is 33.3 Å². The molecule has 0 saturated heterocycles. The number of rotatable bonds is 3. The molecule has 1 spiro atoms. The largest absolute Gasteiger partial charge is 0.392 e. The van der Waals surface area contributed by atoms with E-state index in [0.717, 1.165) is 44.9 Å². The van der Waals surface area contributed by atoms with Crippen molar-refractivity contribution in [1.29, 1.82) is 0 Å². The molecule has 2 bridgehead atoms. The Morgan fingerprint density at radius 3 is 2.50 bits per heavy atom. The molecule has 0 aromatic carbocycles. The van der Waals surface area contributed by atoms with Crippen LogP contribution in [0.25, 0.3) is 0 Å². The summed E-state index contributed by atoms with van der Waals surface area (Å²) in [5.41, 5.74) is 5.56. The molecule has 5 heteroatoms. The summed E-state index contributed by atoms with van der Waals surface area (Å²) >= 11 is 0. The average Bonchev–Trinajstić information content (AvgIpc) is 2.57. The second kappa shape index (κ2) is 6.04. The Morgan fingerprint density at radius 1 is 1.15 bits per heavy atom. The molecule has 1 unspecified atom stereocenters. The highest BCUT2D eigenvalue weighted by atomic mass is 32.2. The number of primary amides is 1. The fourth-order valence-corrected chi connectivity index (χ4v) is 9.26. The maximum absolute atomic E-state index is 12.4. The summed E-state index contributed by atoms with van der Waals surface area (Å²) in [5.74, 6) is 1.99. The van der Waals surface area contributed by atoms with E-state index in [1.807, 2.05) is 0 Å². The molecule has 4 nitrogen and oxygen atoms in total. The Hall–Kier alpha value is -0.420. The first kappa shape index (κ1) is 18.9. The van der Waals surface area contributed by atoms with Crippen LogP contribution in [0.2, 0.25) is 0 Å². The van der Waals surface area contributed by atoms with E-state index in [1.54, 1.807) is 6.26 Å². The van der Waals surface area contributed by atoms with Crippen molar-refractivity contribution in [3.05, 3.63) is 0 Å². The Bertz CT molecular complexity index is 639. The maximum atomic E-state index is 12.4. The summed E-state index contributed by atoms with van der Waals surface area (Å²) < 4.78 is 11.9. The van der Waals surface area contributed by atoms with Gasteiger partial charge in [0.2, 0.25) is 5.91 Å². The van der Waals surface area contributed by atoms with Gasteiger partial charge >= 0.3 is 0 Å². The minimum absolute atomic E-state index is 0.0278. The molecule has 5 fully saturated rings. The van der Waals surface area contributed by atoms with Crippen LogP contribution in [0, 0.1) is 39.9 Å². The van der Waals surface area contributed by atoms with Crippen LogP contribution in [-0.2, 0) is 15.6 Å². The lowest BCUT2D eigenvalue weighted by Gasteiger charge is -2.70. The van der Waals surface area contributed by atoms with Gasteiger partial charge in [-0.25, -0.2) is 0 Å². The molecule has 1 amide bonds. The molecule has 5 aliphatic carbocycles. The molecule has 0 radical (unpaired) electrons. The molecule has 3 N–H and O–H groups in total. The van der Waals surface area contributed by atoms with E-state index in [9.17, 15) is 14.1 Å². The molecule has 5 rings (SSSR count). The minimum Gasteiger partial charge on any atom is -0.392 e. The lowest BCUT2D eigenvalue weighted by Crippen LogP contribution is -2.67. The number of aliphatic hydroxyl groups is 1. The molecule has 9 atom stereocenters. The normalized spacial score (nSPS) is 54.2. The van der Waals surface area contributed by atoms with E-state index in [0.29, 0.717) is 23.5 Å². The van der Waals surface area contributed by atoms with Crippen LogP contribution in [0.15, 0.2) is 0 Å². The van der Waals surface area contributed by atoms with E-state index < -0.39 is 16.2 Å². The predicted octanol–water partition coefficient (Wildman–Crippen LogP) is 2.85. The lowest BCUT2D eigenvalue weighted by molar-refractivity contribution is -0.238. The van der Waals surface area contributed by atoms with Gasteiger partial charge in [0.25, 0.3) is 0 Å². The van der Waals surface area contributed by atoms with Crippen molar-refractivity contribution in [3.63, 3.8) is 0 Å². The number of amides is 1. The Morgan fingerprint density at radius 2 is 1.85 bits per heavy atom. The van der Waals surface area contributed by atoms with Gasteiger partial charge in [-0.1, -0.05) is 20.3 Å². The van der Waals surface area contributed by atoms with Crippen molar-refractivity contribution in [2.45, 2.75) is 71.3 Å². The zero-order valence-corrected chi connectivity index (χ0v) is 17.3. The number of fused-ring (bicyclic) bond motifs is 3. The fraction of sp³-hybridized carbons (Fsp3) is 0.952. The van der Waals surface area contributed by atoms with E-state index in [1.165, 1.54) is 6.42 Å². The summed E-state index contributed by atoms with van der Waals surface area (Å²) in [5, 5.41) is 11.4. The summed E-state index contributed by atoms with van der Waals surface area (Å²) in [6.07, 6.45) is 9.96. The third kappa shape index (κ3) is 2.35. The van der Waals surface area contributed by atoms with Crippen molar-refractivity contribution in [2.75, 3.05) is 12.0 Å². The molecule has 0 aromatic heterocycles. The van der Waals surface area contributed by atoms with Crippen LogP contribution in [0.5, 0.6) is 0 Å². The maximum Gasteiger partial charge on any atom is 0.223 e. The van der Waals surface area contributed by atoms with Crippen molar-refractivity contribution in [3.8, 4) is 0 Å². The summed E-state index contributed by atoms with van der Waals surface area (Å²) in [4.78, 5) is 12.4. The summed E-state index contributed by atoms with van der Waals surface area (Å²) in [6, 6.07) is 0. The second-order valence-electron chi connectivity index (χ2n) is 10.4. The SMILES string of the molecule is CS(=O)C[C@H]1[C@@H]2CC[C@@]3(CC[C@H]4[C@@](C)(CCC[C@@]4(C)C(N)=O)[C@@H]3C2)[C@@H]1O. The minimum atomic E-state index is -0.859. The Kier molecular flexibility index (Phi) is 4.39. The van der Waals surface area contributed by atoms with Crippen LogP contribution in [0.1, 0.15) is 65.2 Å². The number of nitrogens with two attached hydrogens (primary N) is 1. The number of hydrogen-bond donors (Lipinski definition) is 2. The van der Waals surface area contributed by atoms with E-state index in [4.69, 9.17) is 5.73 Å². The van der Waals surface area contributed by atoms with E-state index in [-0.39, 0.29) is 28.8 Å². The van der Waals surface area contributed by atoms with Crippen molar-refractivity contribution in [1.82, 2.24) is 0 Å². The number of hydrogen-bond acceptors (Lipinski definition) is 3. The topological polar surface area (TPSA) is 80.4 Å². The highest BCUT2D eigenvalue weighted by molar-refractivity contribution is 7.84. The van der Waals surface area contributed by atoms with Gasteiger partial charge < -0.3 is 10.8 Å². The fourth-order valence-electron chi connectivity index (χ4n) is 8.27. The quantitative estimate of drug-likeness (QED) is 0.789. The molecular formula is C21H35NO3S. The van der Waals surface area contributed by atoms with Crippen LogP contribution in [0.4, 0.5) is 0 Å². The first-order chi connectivity index (χ1) is 12.1. The van der Waals surface area contributed by atoms with E-state index >= 15 is 0 Å². The van der Waals surface area contributed by atoms with Crippen LogP contribution in [0.3, 0.4) is 0 Å². The molecule has 5 aliphatic rings. The second-order valence-corrected chi connectivity index (χ2v) is 11.9. The van der Waals surface area contributed by atoms with E-state index in [2.05, 4.69) is 13.8 Å². The van der Waals surface area contributed by atoms with Gasteiger partial charge in [-0.15, -0.1) is 0 Å². The standard InChI is InChI=1S/C21H35NO3S/c1-19-7-4-8-20(2,18(22)24)15(19)6-10-21-9-5-13(11-16(19)21)14(17(21)23)12-26(3)25/h13-17,23H,4-12H2,1-3H3,(H2,22,24)/t13-,14+,15+,16+,17-,19-,20-,21+,26?/m1/s1. The first-order valence-corrected chi connectivity index (χ1v) is 12.2. The van der Waals surface area contributed by atoms with Gasteiger partial charge in [0, 0.05) is 28.2 Å². The third-order valence-corrected chi connectivity index (χ3v) is 10.3. The number of carbonyl (C=O) groups is 1. The van der Waals surface area contributed by atoms with Gasteiger partial charge in [0.15, 0.2) is 0 Å². The third-order valence-electron chi connectivity index (χ3n) is 9.47. The molecule has 26 heavy (non-hydrogen) atoms. The molecule has 0 aromatic rings.